The normalized spacial score (nSPS) is 24.0. The van der Waals surface area contributed by atoms with Crippen LogP contribution in [-0.2, 0) is 10.2 Å². The van der Waals surface area contributed by atoms with Crippen LogP contribution in [0, 0.1) is 5.82 Å². The molecule has 0 spiro atoms. The minimum absolute atomic E-state index is 0.0628. The predicted molar refractivity (Wildman–Crippen MR) is 86.1 cm³/mol. The topological polar surface area (TPSA) is 74.8 Å². The summed E-state index contributed by atoms with van der Waals surface area (Å²) >= 11 is 0. The van der Waals surface area contributed by atoms with Gasteiger partial charge in [0.2, 0.25) is 5.91 Å². The van der Waals surface area contributed by atoms with Crippen LogP contribution in [0.2, 0.25) is 0 Å². The second-order valence-electron chi connectivity index (χ2n) is 6.74. The Morgan fingerprint density at radius 2 is 2.04 bits per heavy atom. The van der Waals surface area contributed by atoms with Gasteiger partial charge in [0.25, 0.3) is 5.56 Å². The monoisotopic (exact) mass is 327 g/mol. The summed E-state index contributed by atoms with van der Waals surface area (Å²) in [5.74, 6) is -0.208. The first-order valence-electron chi connectivity index (χ1n) is 8.19. The third kappa shape index (κ3) is 2.52. The Morgan fingerprint density at radius 3 is 2.71 bits per heavy atom. The lowest BCUT2D eigenvalue weighted by Gasteiger charge is -2.36. The van der Waals surface area contributed by atoms with Crippen molar-refractivity contribution in [3.8, 4) is 0 Å². The molecule has 0 unspecified atom stereocenters. The van der Waals surface area contributed by atoms with E-state index in [1.54, 1.807) is 18.2 Å². The van der Waals surface area contributed by atoms with Gasteiger partial charge in [0.15, 0.2) is 0 Å². The zero-order valence-corrected chi connectivity index (χ0v) is 13.1. The minimum Gasteiger partial charge on any atom is -0.353 e. The summed E-state index contributed by atoms with van der Waals surface area (Å²) in [6.07, 6.45) is 4.29. The molecule has 0 bridgehead atoms. The van der Waals surface area contributed by atoms with Gasteiger partial charge in [-0.1, -0.05) is 18.2 Å². The van der Waals surface area contributed by atoms with E-state index in [1.165, 1.54) is 18.5 Å². The molecule has 2 aliphatic rings. The van der Waals surface area contributed by atoms with Crippen molar-refractivity contribution in [2.45, 2.75) is 43.1 Å². The van der Waals surface area contributed by atoms with Gasteiger partial charge >= 0.3 is 0 Å². The van der Waals surface area contributed by atoms with E-state index in [1.807, 2.05) is 0 Å². The van der Waals surface area contributed by atoms with Crippen LogP contribution >= 0.6 is 0 Å². The molecule has 0 aliphatic heterocycles. The number of halogens is 1. The summed E-state index contributed by atoms with van der Waals surface area (Å²) in [5, 5.41) is 3.04. The van der Waals surface area contributed by atoms with Gasteiger partial charge in [0.1, 0.15) is 5.82 Å². The maximum Gasteiger partial charge on any atom is 0.250 e. The molecule has 124 valence electrons. The van der Waals surface area contributed by atoms with Gasteiger partial charge in [-0.2, -0.15) is 0 Å². The Labute approximate surface area is 138 Å². The molecule has 0 saturated heterocycles. The molecule has 1 aromatic heterocycles. The van der Waals surface area contributed by atoms with Crippen LogP contribution in [0.5, 0.6) is 0 Å². The van der Waals surface area contributed by atoms with Crippen LogP contribution < -0.4 is 10.9 Å². The number of aromatic amines is 1. The Morgan fingerprint density at radius 1 is 1.29 bits per heavy atom. The fourth-order valence-electron chi connectivity index (χ4n) is 3.50. The highest BCUT2D eigenvalue weighted by molar-refractivity contribution is 5.91. The number of aromatic nitrogens is 2. The van der Waals surface area contributed by atoms with Crippen LogP contribution in [0.3, 0.4) is 0 Å². The highest BCUT2D eigenvalue weighted by atomic mass is 19.1. The first-order chi connectivity index (χ1) is 11.6. The van der Waals surface area contributed by atoms with Crippen LogP contribution in [0.4, 0.5) is 4.39 Å². The van der Waals surface area contributed by atoms with Crippen molar-refractivity contribution in [2.24, 2.45) is 0 Å². The molecular formula is C18H18FN3O2. The minimum atomic E-state index is -0.696. The van der Waals surface area contributed by atoms with E-state index in [0.717, 1.165) is 18.5 Å². The molecule has 1 amide bonds. The standard InChI is InChI=1S/C18H18FN3O2/c19-14-4-2-1-3-13(14)18(5-6-18)17(24)22-12-7-11(8-12)15-9-16(23)21-10-20-15/h1-4,9-12H,5-8H2,(H,22,24)(H,20,21,23). The van der Waals surface area contributed by atoms with Crippen molar-refractivity contribution >= 4 is 5.91 Å². The van der Waals surface area contributed by atoms with Crippen LogP contribution in [0.25, 0.3) is 0 Å². The Hall–Kier alpha value is -2.50. The van der Waals surface area contributed by atoms with Crippen LogP contribution in [-0.4, -0.2) is 21.9 Å². The highest BCUT2D eigenvalue weighted by Crippen LogP contribution is 2.49. The molecule has 4 rings (SSSR count). The number of rotatable bonds is 4. The Bertz CT molecular complexity index is 838. The Balaban J connectivity index is 1.40. The van der Waals surface area contributed by atoms with Crippen molar-refractivity contribution in [1.29, 1.82) is 0 Å². The number of carbonyl (C=O) groups is 1. The zero-order chi connectivity index (χ0) is 16.7. The molecular weight excluding hydrogens is 309 g/mol. The average molecular weight is 327 g/mol. The molecule has 0 atom stereocenters. The van der Waals surface area contributed by atoms with Crippen LogP contribution in [0.1, 0.15) is 42.9 Å². The molecule has 1 heterocycles. The molecule has 5 nitrogen and oxygen atoms in total. The second kappa shape index (κ2) is 5.54. The third-order valence-corrected chi connectivity index (χ3v) is 5.17. The second-order valence-corrected chi connectivity index (χ2v) is 6.74. The van der Waals surface area contributed by atoms with Crippen LogP contribution in [0.15, 0.2) is 41.5 Å². The average Bonchev–Trinajstić information content (AvgIpc) is 3.32. The summed E-state index contributed by atoms with van der Waals surface area (Å²) in [4.78, 5) is 30.6. The van der Waals surface area contributed by atoms with E-state index in [2.05, 4.69) is 15.3 Å². The van der Waals surface area contributed by atoms with Gasteiger partial charge in [-0.15, -0.1) is 0 Å². The number of carbonyl (C=O) groups excluding carboxylic acids is 1. The molecule has 24 heavy (non-hydrogen) atoms. The number of H-pyrrole nitrogens is 1. The number of benzene rings is 1. The van der Waals surface area contributed by atoms with Crippen molar-refractivity contribution in [1.82, 2.24) is 15.3 Å². The molecule has 2 N–H and O–H groups in total. The molecule has 2 fully saturated rings. The molecule has 0 radical (unpaired) electrons. The number of hydrogen-bond acceptors (Lipinski definition) is 3. The third-order valence-electron chi connectivity index (χ3n) is 5.17. The van der Waals surface area contributed by atoms with Gasteiger partial charge in [0.05, 0.1) is 17.4 Å². The van der Waals surface area contributed by atoms with Gasteiger partial charge in [0, 0.05) is 23.6 Å². The fraction of sp³-hybridized carbons (Fsp3) is 0.389. The SMILES string of the molecule is O=C(NC1CC(c2cc(=O)[nH]cn2)C1)C1(c2ccccc2F)CC1. The highest BCUT2D eigenvalue weighted by Gasteiger charge is 2.53. The van der Waals surface area contributed by atoms with E-state index < -0.39 is 5.41 Å². The van der Waals surface area contributed by atoms with Crippen molar-refractivity contribution in [3.63, 3.8) is 0 Å². The number of amides is 1. The van der Waals surface area contributed by atoms with E-state index in [4.69, 9.17) is 0 Å². The van der Waals surface area contributed by atoms with Gasteiger partial charge in [-0.25, -0.2) is 9.37 Å². The summed E-state index contributed by atoms with van der Waals surface area (Å²) in [7, 11) is 0. The lowest BCUT2D eigenvalue weighted by molar-refractivity contribution is -0.125. The van der Waals surface area contributed by atoms with Gasteiger partial charge in [-0.3, -0.25) is 9.59 Å². The van der Waals surface area contributed by atoms with E-state index in [0.29, 0.717) is 18.4 Å². The van der Waals surface area contributed by atoms with E-state index >= 15 is 0 Å². The number of nitrogens with zero attached hydrogens (tertiary/aromatic N) is 1. The molecule has 2 aromatic rings. The number of nitrogens with one attached hydrogen (secondary N) is 2. The van der Waals surface area contributed by atoms with Gasteiger partial charge in [-0.05, 0) is 31.7 Å². The molecule has 2 aliphatic carbocycles. The quantitative estimate of drug-likeness (QED) is 0.902. The summed E-state index contributed by atoms with van der Waals surface area (Å²) < 4.78 is 14.0. The fourth-order valence-corrected chi connectivity index (χ4v) is 3.50. The lowest BCUT2D eigenvalue weighted by atomic mass is 9.77. The van der Waals surface area contributed by atoms with Gasteiger partial charge < -0.3 is 10.3 Å². The smallest absolute Gasteiger partial charge is 0.250 e. The Kier molecular flexibility index (Phi) is 3.48. The first-order valence-corrected chi connectivity index (χ1v) is 8.19. The molecule has 6 heteroatoms. The summed E-state index contributed by atoms with van der Waals surface area (Å²) in [6.45, 7) is 0. The summed E-state index contributed by atoms with van der Waals surface area (Å²) in [6, 6.07) is 8.08. The molecule has 2 saturated carbocycles. The maximum atomic E-state index is 14.0. The van der Waals surface area contributed by atoms with E-state index in [9.17, 15) is 14.0 Å². The van der Waals surface area contributed by atoms with Crippen molar-refractivity contribution in [3.05, 3.63) is 64.1 Å². The predicted octanol–water partition coefficient (Wildman–Crippen LogP) is 2.00. The lowest BCUT2D eigenvalue weighted by Crippen LogP contribution is -2.47. The molecule has 1 aromatic carbocycles. The first kappa shape index (κ1) is 15.1. The maximum absolute atomic E-state index is 14.0. The van der Waals surface area contributed by atoms with E-state index in [-0.39, 0.29) is 29.2 Å². The van der Waals surface area contributed by atoms with Crippen molar-refractivity contribution < 1.29 is 9.18 Å². The zero-order valence-electron chi connectivity index (χ0n) is 13.1. The van der Waals surface area contributed by atoms with Crippen molar-refractivity contribution in [2.75, 3.05) is 0 Å². The largest absolute Gasteiger partial charge is 0.353 e. The number of hydrogen-bond donors (Lipinski definition) is 2. The summed E-state index contributed by atoms with van der Waals surface area (Å²) in [5.41, 5.74) is 0.400.